The first kappa shape index (κ1) is 16.3. The molecule has 2 aromatic heterocycles. The molecule has 2 heterocycles. The van der Waals surface area contributed by atoms with Gasteiger partial charge in [0.1, 0.15) is 5.65 Å². The number of nitrogens with one attached hydrogen (secondary N) is 1. The van der Waals surface area contributed by atoms with Crippen LogP contribution in [0.5, 0.6) is 0 Å². The van der Waals surface area contributed by atoms with Gasteiger partial charge in [0.2, 0.25) is 0 Å². The number of hydrogen-bond acceptors (Lipinski definition) is 3. The van der Waals surface area contributed by atoms with Gasteiger partial charge < -0.3 is 19.7 Å². The molecule has 0 spiro atoms. The van der Waals surface area contributed by atoms with Crippen LogP contribution in [0.2, 0.25) is 0 Å². The van der Waals surface area contributed by atoms with Gasteiger partial charge in [-0.1, -0.05) is 0 Å². The summed E-state index contributed by atoms with van der Waals surface area (Å²) >= 11 is 3.61. The van der Waals surface area contributed by atoms with Crippen LogP contribution in [0.15, 0.2) is 22.9 Å². The molecule has 6 nitrogen and oxygen atoms in total. The van der Waals surface area contributed by atoms with Gasteiger partial charge in [-0.05, 0) is 53.2 Å². The number of hydrogen-bond donors (Lipinski definition) is 2. The highest BCUT2D eigenvalue weighted by Gasteiger charge is 2.44. The van der Waals surface area contributed by atoms with Gasteiger partial charge in [0.15, 0.2) is 0 Å². The van der Waals surface area contributed by atoms with Crippen LogP contribution in [0.4, 0.5) is 4.79 Å². The van der Waals surface area contributed by atoms with Gasteiger partial charge in [0.25, 0.3) is 0 Å². The highest BCUT2D eigenvalue weighted by molar-refractivity contribution is 9.10. The molecule has 1 aliphatic carbocycles. The molecule has 124 valence electrons. The summed E-state index contributed by atoms with van der Waals surface area (Å²) in [6.45, 7) is 1.53. The predicted molar refractivity (Wildman–Crippen MR) is 90.8 cm³/mol. The number of carboxylic acid groups (broad SMARTS) is 1. The van der Waals surface area contributed by atoms with E-state index in [1.807, 2.05) is 6.07 Å². The first-order valence-corrected chi connectivity index (χ1v) is 8.46. The Bertz CT molecular complexity index is 725. The van der Waals surface area contributed by atoms with E-state index in [0.717, 1.165) is 46.9 Å². The van der Waals surface area contributed by atoms with Crippen LogP contribution in [0, 0.1) is 0 Å². The van der Waals surface area contributed by atoms with Gasteiger partial charge in [-0.3, -0.25) is 0 Å². The maximum atomic E-state index is 11.0. The Hall–Kier alpha value is -1.60. The molecule has 23 heavy (non-hydrogen) atoms. The molecular weight excluding hydrogens is 362 g/mol. The molecule has 0 aromatic carbocycles. The lowest BCUT2D eigenvalue weighted by molar-refractivity contribution is 0.188. The number of aromatic nitrogens is 2. The summed E-state index contributed by atoms with van der Waals surface area (Å²) in [5.41, 5.74) is 1.74. The summed E-state index contributed by atoms with van der Waals surface area (Å²) in [6, 6.07) is 1.93. The first-order valence-electron chi connectivity index (χ1n) is 7.67. The van der Waals surface area contributed by atoms with Gasteiger partial charge in [0.05, 0.1) is 0 Å². The van der Waals surface area contributed by atoms with Gasteiger partial charge in [0, 0.05) is 48.1 Å². The second-order valence-corrected chi connectivity index (χ2v) is 6.93. The number of nitrogens with zero attached hydrogens (tertiary/aromatic N) is 2. The maximum absolute atomic E-state index is 11.0. The van der Waals surface area contributed by atoms with Gasteiger partial charge in [-0.2, -0.15) is 0 Å². The zero-order chi connectivity index (χ0) is 16.4. The van der Waals surface area contributed by atoms with Crippen molar-refractivity contribution in [2.45, 2.75) is 37.8 Å². The Morgan fingerprint density at radius 3 is 3.00 bits per heavy atom. The first-order chi connectivity index (χ1) is 11.0. The van der Waals surface area contributed by atoms with Crippen molar-refractivity contribution in [2.75, 3.05) is 13.7 Å². The number of methoxy groups -OCH3 is 1. The summed E-state index contributed by atoms with van der Waals surface area (Å²) in [7, 11) is 1.70. The normalized spacial score (nSPS) is 15.7. The summed E-state index contributed by atoms with van der Waals surface area (Å²) in [4.78, 5) is 15.5. The molecule has 2 N–H and O–H groups in total. The monoisotopic (exact) mass is 381 g/mol. The van der Waals surface area contributed by atoms with Crippen LogP contribution in [-0.4, -0.2) is 40.0 Å². The molecule has 7 heteroatoms. The van der Waals surface area contributed by atoms with Crippen molar-refractivity contribution < 1.29 is 14.6 Å². The molecule has 1 amide bonds. The smallest absolute Gasteiger partial charge is 0.405 e. The van der Waals surface area contributed by atoms with E-state index in [2.05, 4.69) is 37.0 Å². The lowest BCUT2D eigenvalue weighted by Crippen LogP contribution is -2.37. The van der Waals surface area contributed by atoms with Crippen molar-refractivity contribution in [1.82, 2.24) is 14.9 Å². The summed E-state index contributed by atoms with van der Waals surface area (Å²) in [5.74, 6) is 0. The van der Waals surface area contributed by atoms with Crippen molar-refractivity contribution in [3.63, 3.8) is 0 Å². The summed E-state index contributed by atoms with van der Waals surface area (Å²) in [6.07, 6.45) is 6.29. The quantitative estimate of drug-likeness (QED) is 0.722. The Labute approximate surface area is 143 Å². The lowest BCUT2D eigenvalue weighted by atomic mass is 10.0. The second kappa shape index (κ2) is 6.49. The average Bonchev–Trinajstić information content (AvgIpc) is 3.14. The van der Waals surface area contributed by atoms with E-state index >= 15 is 0 Å². The molecule has 1 fully saturated rings. The number of ether oxygens (including phenoxy) is 1. The third-order valence-electron chi connectivity index (χ3n) is 4.29. The summed E-state index contributed by atoms with van der Waals surface area (Å²) in [5, 5.41) is 12.8. The third-order valence-corrected chi connectivity index (χ3v) is 4.95. The number of carbonyl (C=O) groups is 1. The number of rotatable bonds is 7. The maximum Gasteiger partial charge on any atom is 0.405 e. The molecule has 2 aromatic rings. The fraction of sp³-hybridized carbons (Fsp3) is 0.500. The minimum absolute atomic E-state index is 0.313. The molecule has 0 unspecified atom stereocenters. The van der Waals surface area contributed by atoms with Crippen LogP contribution < -0.4 is 5.32 Å². The molecule has 0 bridgehead atoms. The minimum Gasteiger partial charge on any atom is -0.465 e. The van der Waals surface area contributed by atoms with E-state index < -0.39 is 6.09 Å². The molecule has 1 saturated carbocycles. The highest BCUT2D eigenvalue weighted by atomic mass is 79.9. The standard InChI is InChI=1S/C16H20BrN3O3/c1-23-8-2-7-20-10-11(9-16(4-5-16)19-15(21)22)13-12(17)3-6-18-14(13)20/h3,6,10,19H,2,4-5,7-9H2,1H3,(H,21,22). The van der Waals surface area contributed by atoms with E-state index in [-0.39, 0.29) is 5.54 Å². The zero-order valence-corrected chi connectivity index (χ0v) is 14.6. The third kappa shape index (κ3) is 3.50. The molecule has 0 radical (unpaired) electrons. The van der Waals surface area contributed by atoms with Crippen molar-refractivity contribution in [1.29, 1.82) is 0 Å². The number of amides is 1. The SMILES string of the molecule is COCCCn1cc(CC2(NC(=O)O)CC2)c2c(Br)ccnc21. The van der Waals surface area contributed by atoms with E-state index in [1.54, 1.807) is 13.3 Å². The topological polar surface area (TPSA) is 76.4 Å². The van der Waals surface area contributed by atoms with E-state index in [9.17, 15) is 4.79 Å². The molecule has 0 saturated heterocycles. The Kier molecular flexibility index (Phi) is 4.59. The zero-order valence-electron chi connectivity index (χ0n) is 13.0. The number of fused-ring (bicyclic) bond motifs is 1. The minimum atomic E-state index is -0.955. The largest absolute Gasteiger partial charge is 0.465 e. The van der Waals surface area contributed by atoms with Gasteiger partial charge in [-0.15, -0.1) is 0 Å². The van der Waals surface area contributed by atoms with Gasteiger partial charge >= 0.3 is 6.09 Å². The average molecular weight is 382 g/mol. The Morgan fingerprint density at radius 2 is 2.35 bits per heavy atom. The lowest BCUT2D eigenvalue weighted by Gasteiger charge is -2.14. The van der Waals surface area contributed by atoms with E-state index in [0.29, 0.717) is 13.0 Å². The van der Waals surface area contributed by atoms with Crippen LogP contribution >= 0.6 is 15.9 Å². The molecule has 0 aliphatic heterocycles. The Morgan fingerprint density at radius 1 is 1.57 bits per heavy atom. The van der Waals surface area contributed by atoms with Crippen molar-refractivity contribution in [2.24, 2.45) is 0 Å². The van der Waals surface area contributed by atoms with Crippen molar-refractivity contribution in [3.8, 4) is 0 Å². The van der Waals surface area contributed by atoms with Crippen molar-refractivity contribution in [3.05, 3.63) is 28.5 Å². The number of halogens is 1. The fourth-order valence-corrected chi connectivity index (χ4v) is 3.58. The van der Waals surface area contributed by atoms with Gasteiger partial charge in [-0.25, -0.2) is 9.78 Å². The van der Waals surface area contributed by atoms with Crippen LogP contribution in [0.1, 0.15) is 24.8 Å². The van der Waals surface area contributed by atoms with Crippen LogP contribution in [0.25, 0.3) is 11.0 Å². The molecule has 0 atom stereocenters. The molecule has 1 aliphatic rings. The number of aryl methyl sites for hydroxylation is 1. The fourth-order valence-electron chi connectivity index (χ4n) is 3.03. The predicted octanol–water partition coefficient (Wildman–Crippen LogP) is 3.18. The van der Waals surface area contributed by atoms with Crippen LogP contribution in [-0.2, 0) is 17.7 Å². The number of pyridine rings is 1. The van der Waals surface area contributed by atoms with E-state index in [4.69, 9.17) is 9.84 Å². The summed E-state index contributed by atoms with van der Waals surface area (Å²) < 4.78 is 8.25. The Balaban J connectivity index is 1.91. The molecular formula is C16H20BrN3O3. The van der Waals surface area contributed by atoms with Crippen molar-refractivity contribution >= 4 is 33.1 Å². The molecule has 3 rings (SSSR count). The second-order valence-electron chi connectivity index (χ2n) is 6.07. The van der Waals surface area contributed by atoms with E-state index in [1.165, 1.54) is 0 Å². The highest BCUT2D eigenvalue weighted by Crippen LogP contribution is 2.41. The van der Waals surface area contributed by atoms with Crippen LogP contribution in [0.3, 0.4) is 0 Å².